The topological polar surface area (TPSA) is 42.4 Å². The molecule has 0 radical (unpaired) electrons. The number of benzene rings is 2. The Bertz CT molecular complexity index is 1070. The molecule has 2 aromatic carbocycles. The lowest BCUT2D eigenvalue weighted by Crippen LogP contribution is -2.56. The Labute approximate surface area is 192 Å². The summed E-state index contributed by atoms with van der Waals surface area (Å²) in [5, 5.41) is 0.0358. The summed E-state index contributed by atoms with van der Waals surface area (Å²) in [5.74, 6) is 0.657. The summed E-state index contributed by atoms with van der Waals surface area (Å²) in [5.41, 5.74) is 4.92. The van der Waals surface area contributed by atoms with E-state index in [0.717, 1.165) is 41.1 Å². The summed E-state index contributed by atoms with van der Waals surface area (Å²) in [4.78, 5) is 18.6. The fourth-order valence-corrected chi connectivity index (χ4v) is 4.18. The maximum absolute atomic E-state index is 12.4. The fourth-order valence-electron chi connectivity index (χ4n) is 3.64. The number of halogens is 2. The van der Waals surface area contributed by atoms with Crippen molar-refractivity contribution in [3.8, 4) is 5.75 Å². The molecule has 3 aromatic rings. The van der Waals surface area contributed by atoms with Gasteiger partial charge in [0.05, 0.1) is 12.6 Å². The number of ether oxygens (including phenoxy) is 1. The first-order valence-corrected chi connectivity index (χ1v) is 11.2. The molecule has 4 rings (SSSR count). The number of β-lactam (4-membered cyclic amide) rings is 1. The van der Waals surface area contributed by atoms with Gasteiger partial charge in [-0.3, -0.25) is 9.78 Å². The fraction of sp³-hybridized carbons (Fsp3) is 0.280. The molecule has 2 heterocycles. The van der Waals surface area contributed by atoms with Crippen molar-refractivity contribution < 1.29 is 9.53 Å². The number of nitrogens with zero attached hydrogens (tertiary/aromatic N) is 2. The molecular weight excluding hydrogens is 431 g/mol. The van der Waals surface area contributed by atoms with Gasteiger partial charge in [-0.15, -0.1) is 11.6 Å². The van der Waals surface area contributed by atoms with Crippen molar-refractivity contribution in [2.75, 3.05) is 11.5 Å². The second-order valence-electron chi connectivity index (χ2n) is 7.67. The monoisotopic (exact) mass is 454 g/mol. The molecule has 0 spiro atoms. The average molecular weight is 455 g/mol. The Morgan fingerprint density at radius 3 is 2.52 bits per heavy atom. The zero-order valence-corrected chi connectivity index (χ0v) is 19.0. The van der Waals surface area contributed by atoms with Crippen LogP contribution in [0, 0.1) is 6.92 Å². The number of carbonyl (C=O) groups is 1. The van der Waals surface area contributed by atoms with Crippen LogP contribution in [0.4, 0.5) is 5.69 Å². The molecule has 0 saturated carbocycles. The minimum atomic E-state index is -0.594. The lowest BCUT2D eigenvalue weighted by atomic mass is 9.92. The van der Waals surface area contributed by atoms with Crippen LogP contribution < -0.4 is 9.64 Å². The van der Waals surface area contributed by atoms with Gasteiger partial charge < -0.3 is 9.64 Å². The molecule has 2 atom stereocenters. The number of amides is 1. The third kappa shape index (κ3) is 4.56. The lowest BCUT2D eigenvalue weighted by molar-refractivity contribution is -0.123. The van der Waals surface area contributed by atoms with Crippen molar-refractivity contribution >= 4 is 34.8 Å². The highest BCUT2D eigenvalue weighted by Gasteiger charge is 2.47. The highest BCUT2D eigenvalue weighted by atomic mass is 35.5. The van der Waals surface area contributed by atoms with E-state index in [1.54, 1.807) is 4.90 Å². The van der Waals surface area contributed by atoms with Crippen LogP contribution in [-0.2, 0) is 17.6 Å². The SMILES string of the molecule is CCc1ccc(CCOc2ccc(C3C(Cl)C(=O)N3c3ccc(C)c(Cl)c3)cc2)nc1. The van der Waals surface area contributed by atoms with E-state index >= 15 is 0 Å². The van der Waals surface area contributed by atoms with Gasteiger partial charge in [-0.05, 0) is 60.4 Å². The van der Waals surface area contributed by atoms with Crippen molar-refractivity contribution in [3.05, 3.63) is 88.2 Å². The molecule has 1 fully saturated rings. The Hall–Kier alpha value is -2.56. The number of hydrogen-bond donors (Lipinski definition) is 0. The zero-order valence-electron chi connectivity index (χ0n) is 17.5. The van der Waals surface area contributed by atoms with E-state index in [1.165, 1.54) is 5.56 Å². The first kappa shape index (κ1) is 21.7. The minimum absolute atomic E-state index is 0.117. The molecule has 6 heteroatoms. The largest absolute Gasteiger partial charge is 0.493 e. The van der Waals surface area contributed by atoms with E-state index < -0.39 is 5.38 Å². The van der Waals surface area contributed by atoms with Crippen molar-refractivity contribution in [2.24, 2.45) is 0 Å². The summed E-state index contributed by atoms with van der Waals surface area (Å²) in [7, 11) is 0. The highest BCUT2D eigenvalue weighted by Crippen LogP contribution is 2.43. The van der Waals surface area contributed by atoms with Crippen molar-refractivity contribution in [1.29, 1.82) is 0 Å². The third-order valence-electron chi connectivity index (χ3n) is 5.61. The van der Waals surface area contributed by atoms with Gasteiger partial charge in [-0.25, -0.2) is 0 Å². The van der Waals surface area contributed by atoms with Crippen LogP contribution in [0.5, 0.6) is 5.75 Å². The van der Waals surface area contributed by atoms with Crippen LogP contribution in [0.15, 0.2) is 60.8 Å². The Kier molecular flexibility index (Phi) is 6.49. The normalized spacial score (nSPS) is 18.1. The summed E-state index contributed by atoms with van der Waals surface area (Å²) in [6, 6.07) is 17.3. The van der Waals surface area contributed by atoms with Gasteiger partial charge in [0.25, 0.3) is 0 Å². The third-order valence-corrected chi connectivity index (χ3v) is 6.44. The van der Waals surface area contributed by atoms with Gasteiger partial charge >= 0.3 is 0 Å². The molecule has 2 unspecified atom stereocenters. The zero-order chi connectivity index (χ0) is 22.0. The van der Waals surface area contributed by atoms with Crippen molar-refractivity contribution in [1.82, 2.24) is 4.98 Å². The molecule has 0 N–H and O–H groups in total. The maximum Gasteiger partial charge on any atom is 0.248 e. The van der Waals surface area contributed by atoms with Gasteiger partial charge in [0.15, 0.2) is 0 Å². The van der Waals surface area contributed by atoms with E-state index in [9.17, 15) is 4.79 Å². The van der Waals surface area contributed by atoms with Gasteiger partial charge in [-0.1, -0.05) is 42.8 Å². The van der Waals surface area contributed by atoms with Crippen molar-refractivity contribution in [2.45, 2.75) is 38.1 Å². The summed E-state index contributed by atoms with van der Waals surface area (Å²) < 4.78 is 5.87. The Morgan fingerprint density at radius 1 is 1.10 bits per heavy atom. The standard InChI is InChI=1S/C25H24Cl2N2O2/c1-3-17-5-8-19(28-15-17)12-13-31-21-10-6-18(7-11-21)24-23(27)25(30)29(24)20-9-4-16(2)22(26)14-20/h4-11,14-15,23-24H,3,12-13H2,1-2H3. The van der Waals surface area contributed by atoms with Crippen LogP contribution in [0.1, 0.15) is 35.3 Å². The summed E-state index contributed by atoms with van der Waals surface area (Å²) in [6.07, 6.45) is 3.65. The average Bonchev–Trinajstić information content (AvgIpc) is 2.80. The number of anilines is 1. The second-order valence-corrected chi connectivity index (χ2v) is 8.54. The smallest absolute Gasteiger partial charge is 0.248 e. The molecule has 1 saturated heterocycles. The molecule has 1 aromatic heterocycles. The first-order valence-electron chi connectivity index (χ1n) is 10.4. The Morgan fingerprint density at radius 2 is 1.87 bits per heavy atom. The number of rotatable bonds is 7. The van der Waals surface area contributed by atoms with Crippen LogP contribution >= 0.6 is 23.2 Å². The van der Waals surface area contributed by atoms with Crippen LogP contribution in [-0.4, -0.2) is 22.9 Å². The van der Waals surface area contributed by atoms with E-state index in [0.29, 0.717) is 11.6 Å². The van der Waals surface area contributed by atoms with E-state index in [2.05, 4.69) is 18.0 Å². The predicted octanol–water partition coefficient (Wildman–Crippen LogP) is 5.92. The molecule has 1 amide bonds. The van der Waals surface area contributed by atoms with Crippen LogP contribution in [0.2, 0.25) is 5.02 Å². The molecule has 4 nitrogen and oxygen atoms in total. The number of aryl methyl sites for hydroxylation is 2. The molecule has 0 aliphatic carbocycles. The molecule has 1 aliphatic rings. The van der Waals surface area contributed by atoms with Gasteiger partial charge in [0.1, 0.15) is 11.1 Å². The van der Waals surface area contributed by atoms with Gasteiger partial charge in [0.2, 0.25) is 5.91 Å². The quantitative estimate of drug-likeness (QED) is 0.328. The van der Waals surface area contributed by atoms with E-state index in [1.807, 2.05) is 61.7 Å². The molecule has 0 bridgehead atoms. The molecule has 1 aliphatic heterocycles. The minimum Gasteiger partial charge on any atom is -0.493 e. The van der Waals surface area contributed by atoms with Crippen LogP contribution in [0.3, 0.4) is 0 Å². The van der Waals surface area contributed by atoms with Crippen LogP contribution in [0.25, 0.3) is 0 Å². The molecule has 160 valence electrons. The summed E-state index contributed by atoms with van der Waals surface area (Å²) in [6.45, 7) is 4.59. The summed E-state index contributed by atoms with van der Waals surface area (Å²) >= 11 is 12.6. The second kappa shape index (κ2) is 9.29. The lowest BCUT2D eigenvalue weighted by Gasteiger charge is -2.44. The van der Waals surface area contributed by atoms with E-state index in [4.69, 9.17) is 27.9 Å². The molecular formula is C25H24Cl2N2O2. The molecule has 31 heavy (non-hydrogen) atoms. The number of pyridine rings is 1. The maximum atomic E-state index is 12.4. The predicted molar refractivity (Wildman–Crippen MR) is 125 cm³/mol. The number of hydrogen-bond acceptors (Lipinski definition) is 3. The number of carbonyl (C=O) groups excluding carboxylic acids is 1. The van der Waals surface area contributed by atoms with Gasteiger partial charge in [0, 0.05) is 29.0 Å². The number of aromatic nitrogens is 1. The van der Waals surface area contributed by atoms with Gasteiger partial charge in [-0.2, -0.15) is 0 Å². The Balaban J connectivity index is 1.40. The number of alkyl halides is 1. The van der Waals surface area contributed by atoms with Crippen molar-refractivity contribution in [3.63, 3.8) is 0 Å². The van der Waals surface area contributed by atoms with E-state index in [-0.39, 0.29) is 11.9 Å². The first-order chi connectivity index (χ1) is 15.0. The highest BCUT2D eigenvalue weighted by molar-refractivity contribution is 6.37.